The lowest BCUT2D eigenvalue weighted by Crippen LogP contribution is -2.38. The van der Waals surface area contributed by atoms with E-state index in [9.17, 15) is 5.26 Å². The molecule has 1 heterocycles. The molecule has 0 N–H and O–H groups in total. The van der Waals surface area contributed by atoms with Gasteiger partial charge in [0.05, 0.1) is 0 Å². The maximum absolute atomic E-state index is 9.45. The molecule has 0 bridgehead atoms. The molecule has 1 atom stereocenters. The van der Waals surface area contributed by atoms with Gasteiger partial charge in [0, 0.05) is 18.0 Å². The SMILES string of the molecule is C[Si](C)(C)OC1(C#N)CCc2ccncc21. The number of pyridine rings is 1. The minimum absolute atomic E-state index is 0.742. The molecule has 0 aliphatic heterocycles. The van der Waals surface area contributed by atoms with E-state index in [-0.39, 0.29) is 0 Å². The summed E-state index contributed by atoms with van der Waals surface area (Å²) in [4.78, 5) is 4.11. The lowest BCUT2D eigenvalue weighted by molar-refractivity contribution is 0.121. The second kappa shape index (κ2) is 3.69. The summed E-state index contributed by atoms with van der Waals surface area (Å²) in [5, 5.41) is 9.45. The molecule has 1 unspecified atom stereocenters. The fourth-order valence-corrected chi connectivity index (χ4v) is 3.52. The van der Waals surface area contributed by atoms with Gasteiger partial charge in [0.15, 0.2) is 13.9 Å². The fourth-order valence-electron chi connectivity index (χ4n) is 2.22. The zero-order chi connectivity index (χ0) is 11.8. The van der Waals surface area contributed by atoms with Crippen molar-refractivity contribution in [2.45, 2.75) is 38.1 Å². The van der Waals surface area contributed by atoms with Crippen molar-refractivity contribution < 1.29 is 4.43 Å². The quantitative estimate of drug-likeness (QED) is 0.736. The van der Waals surface area contributed by atoms with Crippen molar-refractivity contribution in [3.63, 3.8) is 0 Å². The Kier molecular flexibility index (Phi) is 2.60. The van der Waals surface area contributed by atoms with Crippen molar-refractivity contribution in [3.05, 3.63) is 29.6 Å². The molecule has 84 valence electrons. The maximum Gasteiger partial charge on any atom is 0.186 e. The molecule has 0 saturated heterocycles. The number of nitriles is 1. The third kappa shape index (κ3) is 1.88. The maximum atomic E-state index is 9.45. The van der Waals surface area contributed by atoms with Crippen LogP contribution >= 0.6 is 0 Å². The molecule has 2 rings (SSSR count). The van der Waals surface area contributed by atoms with Gasteiger partial charge >= 0.3 is 0 Å². The predicted octanol–water partition coefficient (Wildman–Crippen LogP) is 2.60. The van der Waals surface area contributed by atoms with Crippen LogP contribution in [-0.2, 0) is 16.4 Å². The van der Waals surface area contributed by atoms with Crippen molar-refractivity contribution in [2.24, 2.45) is 0 Å². The molecule has 0 radical (unpaired) electrons. The lowest BCUT2D eigenvalue weighted by Gasteiger charge is -2.30. The van der Waals surface area contributed by atoms with Crippen LogP contribution in [0.4, 0.5) is 0 Å². The van der Waals surface area contributed by atoms with E-state index in [1.54, 1.807) is 12.4 Å². The molecule has 16 heavy (non-hydrogen) atoms. The highest BCUT2D eigenvalue weighted by molar-refractivity contribution is 6.69. The zero-order valence-electron chi connectivity index (χ0n) is 9.95. The third-order valence-electron chi connectivity index (χ3n) is 2.75. The van der Waals surface area contributed by atoms with E-state index in [1.807, 2.05) is 6.07 Å². The molecule has 1 aliphatic rings. The van der Waals surface area contributed by atoms with Gasteiger partial charge in [-0.3, -0.25) is 4.98 Å². The molecular formula is C12H16N2OSi. The minimum Gasteiger partial charge on any atom is -0.396 e. The molecule has 0 amide bonds. The van der Waals surface area contributed by atoms with Crippen LogP contribution in [0, 0.1) is 11.3 Å². The second-order valence-corrected chi connectivity index (χ2v) is 9.61. The number of hydrogen-bond acceptors (Lipinski definition) is 3. The Bertz CT molecular complexity index is 447. The molecule has 0 spiro atoms. The molecule has 1 aromatic rings. The van der Waals surface area contributed by atoms with Crippen LogP contribution in [0.1, 0.15) is 17.5 Å². The summed E-state index contributed by atoms with van der Waals surface area (Å²) in [6.45, 7) is 6.33. The number of nitrogens with zero attached hydrogens (tertiary/aromatic N) is 2. The highest BCUT2D eigenvalue weighted by Crippen LogP contribution is 2.40. The smallest absolute Gasteiger partial charge is 0.186 e. The summed E-state index contributed by atoms with van der Waals surface area (Å²) < 4.78 is 6.10. The average Bonchev–Trinajstić information content (AvgIpc) is 2.57. The molecule has 0 saturated carbocycles. The van der Waals surface area contributed by atoms with Gasteiger partial charge in [0.2, 0.25) is 0 Å². The normalized spacial score (nSPS) is 23.9. The summed E-state index contributed by atoms with van der Waals surface area (Å²) in [6, 6.07) is 4.35. The van der Waals surface area contributed by atoms with Crippen LogP contribution in [0.2, 0.25) is 19.6 Å². The van der Waals surface area contributed by atoms with E-state index in [1.165, 1.54) is 5.56 Å². The number of rotatable bonds is 2. The number of fused-ring (bicyclic) bond motifs is 1. The molecule has 3 nitrogen and oxygen atoms in total. The van der Waals surface area contributed by atoms with E-state index < -0.39 is 13.9 Å². The van der Waals surface area contributed by atoms with Crippen LogP contribution < -0.4 is 0 Å². The Morgan fingerprint density at radius 2 is 2.25 bits per heavy atom. The Morgan fingerprint density at radius 3 is 2.88 bits per heavy atom. The fraction of sp³-hybridized carbons (Fsp3) is 0.500. The van der Waals surface area contributed by atoms with Gasteiger partial charge in [0.1, 0.15) is 6.07 Å². The topological polar surface area (TPSA) is 45.9 Å². The third-order valence-corrected chi connectivity index (χ3v) is 3.71. The van der Waals surface area contributed by atoms with Crippen LogP contribution in [0.3, 0.4) is 0 Å². The highest BCUT2D eigenvalue weighted by atomic mass is 28.4. The van der Waals surface area contributed by atoms with E-state index in [4.69, 9.17) is 4.43 Å². The summed E-state index contributed by atoms with van der Waals surface area (Å²) in [5.41, 5.74) is 1.43. The molecule has 1 aliphatic carbocycles. The first kappa shape index (κ1) is 11.3. The number of aryl methyl sites for hydroxylation is 1. The summed E-state index contributed by atoms with van der Waals surface area (Å²) in [7, 11) is -1.73. The van der Waals surface area contributed by atoms with Crippen molar-refractivity contribution in [2.75, 3.05) is 0 Å². The molecule has 0 aromatic carbocycles. The van der Waals surface area contributed by atoms with E-state index in [0.717, 1.165) is 18.4 Å². The Hall–Kier alpha value is -1.18. The van der Waals surface area contributed by atoms with Gasteiger partial charge in [-0.2, -0.15) is 5.26 Å². The number of aromatic nitrogens is 1. The summed E-state index contributed by atoms with van der Waals surface area (Å²) >= 11 is 0. The Morgan fingerprint density at radius 1 is 1.50 bits per heavy atom. The van der Waals surface area contributed by atoms with E-state index in [2.05, 4.69) is 30.7 Å². The van der Waals surface area contributed by atoms with Gasteiger partial charge in [-0.1, -0.05) is 0 Å². The largest absolute Gasteiger partial charge is 0.396 e. The Balaban J connectivity index is 2.43. The van der Waals surface area contributed by atoms with E-state index >= 15 is 0 Å². The lowest BCUT2D eigenvalue weighted by atomic mass is 10.00. The van der Waals surface area contributed by atoms with Crippen LogP contribution in [0.5, 0.6) is 0 Å². The van der Waals surface area contributed by atoms with Gasteiger partial charge in [-0.15, -0.1) is 0 Å². The minimum atomic E-state index is -1.73. The first-order chi connectivity index (χ1) is 7.47. The van der Waals surface area contributed by atoms with Crippen molar-refractivity contribution >= 4 is 8.32 Å². The van der Waals surface area contributed by atoms with Crippen LogP contribution in [0.15, 0.2) is 18.5 Å². The summed E-state index contributed by atoms with van der Waals surface area (Å²) in [6.07, 6.45) is 5.23. The molecule has 0 fully saturated rings. The van der Waals surface area contributed by atoms with Crippen LogP contribution in [-0.4, -0.2) is 13.3 Å². The molecule has 1 aromatic heterocycles. The highest BCUT2D eigenvalue weighted by Gasteiger charge is 2.43. The monoisotopic (exact) mass is 232 g/mol. The van der Waals surface area contributed by atoms with Crippen molar-refractivity contribution in [3.8, 4) is 6.07 Å². The summed E-state index contributed by atoms with van der Waals surface area (Å²) in [5.74, 6) is 0. The second-order valence-electron chi connectivity index (χ2n) is 5.19. The standard InChI is InChI=1S/C12H16N2OSi/c1-16(2,3)15-12(9-13)6-4-10-5-7-14-8-11(10)12/h5,7-8H,4,6H2,1-3H3. The number of hydrogen-bond donors (Lipinski definition) is 0. The molecule has 4 heteroatoms. The van der Waals surface area contributed by atoms with Gasteiger partial charge < -0.3 is 4.43 Å². The first-order valence-corrected chi connectivity index (χ1v) is 8.92. The van der Waals surface area contributed by atoms with Gasteiger partial charge in [-0.05, 0) is 44.1 Å². The molecular weight excluding hydrogens is 216 g/mol. The predicted molar refractivity (Wildman–Crippen MR) is 64.3 cm³/mol. The van der Waals surface area contributed by atoms with E-state index in [0.29, 0.717) is 0 Å². The first-order valence-electron chi connectivity index (χ1n) is 5.52. The average molecular weight is 232 g/mol. The van der Waals surface area contributed by atoms with Gasteiger partial charge in [0.25, 0.3) is 0 Å². The van der Waals surface area contributed by atoms with Crippen LogP contribution in [0.25, 0.3) is 0 Å². The van der Waals surface area contributed by atoms with Crippen molar-refractivity contribution in [1.82, 2.24) is 4.98 Å². The zero-order valence-corrected chi connectivity index (χ0v) is 10.9. The Labute approximate surface area is 97.2 Å². The van der Waals surface area contributed by atoms with Crippen molar-refractivity contribution in [1.29, 1.82) is 5.26 Å². The van der Waals surface area contributed by atoms with Gasteiger partial charge in [-0.25, -0.2) is 0 Å².